The van der Waals surface area contributed by atoms with Gasteiger partial charge in [-0.2, -0.15) is 0 Å². The van der Waals surface area contributed by atoms with Crippen molar-refractivity contribution in [1.29, 1.82) is 0 Å². The van der Waals surface area contributed by atoms with Crippen LogP contribution in [-0.4, -0.2) is 9.97 Å². The van der Waals surface area contributed by atoms with Crippen LogP contribution >= 0.6 is 0 Å². The van der Waals surface area contributed by atoms with E-state index in [0.717, 1.165) is 17.0 Å². The molecule has 0 spiro atoms. The van der Waals surface area contributed by atoms with Crippen LogP contribution in [0.5, 0.6) is 5.75 Å². The minimum atomic E-state index is 0.449. The van der Waals surface area contributed by atoms with Crippen molar-refractivity contribution in [3.05, 3.63) is 54.1 Å². The van der Waals surface area contributed by atoms with Gasteiger partial charge < -0.3 is 10.5 Å². The second kappa shape index (κ2) is 5.23. The van der Waals surface area contributed by atoms with E-state index in [1.54, 1.807) is 18.6 Å². The fourth-order valence-corrected chi connectivity index (χ4v) is 1.26. The number of hydrogen-bond acceptors (Lipinski definition) is 4. The van der Waals surface area contributed by atoms with Gasteiger partial charge >= 0.3 is 0 Å². The number of ether oxygens (including phenoxy) is 1. The molecule has 0 bridgehead atoms. The van der Waals surface area contributed by atoms with E-state index < -0.39 is 0 Å². The van der Waals surface area contributed by atoms with E-state index in [1.807, 2.05) is 24.3 Å². The predicted octanol–water partition coefficient (Wildman–Crippen LogP) is 1.51. The van der Waals surface area contributed by atoms with Gasteiger partial charge in [0.25, 0.3) is 0 Å². The number of nitrogens with two attached hydrogens (primary N) is 1. The molecule has 0 fully saturated rings. The van der Waals surface area contributed by atoms with Crippen LogP contribution in [0.4, 0.5) is 0 Å². The Bertz CT molecular complexity index is 428. The van der Waals surface area contributed by atoms with Gasteiger partial charge in [-0.25, -0.2) is 0 Å². The number of hydrogen-bond donors (Lipinski definition) is 1. The van der Waals surface area contributed by atoms with Crippen molar-refractivity contribution in [2.24, 2.45) is 5.73 Å². The average molecular weight is 215 g/mol. The van der Waals surface area contributed by atoms with Crippen LogP contribution in [0.25, 0.3) is 0 Å². The van der Waals surface area contributed by atoms with Gasteiger partial charge in [-0.15, -0.1) is 0 Å². The van der Waals surface area contributed by atoms with Crippen LogP contribution < -0.4 is 10.5 Å². The third-order valence-corrected chi connectivity index (χ3v) is 2.16. The quantitative estimate of drug-likeness (QED) is 0.839. The van der Waals surface area contributed by atoms with Gasteiger partial charge in [0.2, 0.25) is 0 Å². The molecule has 0 atom stereocenters. The van der Waals surface area contributed by atoms with Crippen LogP contribution in [0.15, 0.2) is 42.9 Å². The summed E-state index contributed by atoms with van der Waals surface area (Å²) in [6.45, 7) is 0.969. The fourth-order valence-electron chi connectivity index (χ4n) is 1.26. The number of nitrogens with zero attached hydrogens (tertiary/aromatic N) is 2. The number of pyridine rings is 2. The summed E-state index contributed by atoms with van der Waals surface area (Å²) in [5, 5.41) is 0. The highest BCUT2D eigenvalue weighted by Gasteiger charge is 1.96. The number of aromatic nitrogens is 2. The normalized spacial score (nSPS) is 10.1. The Morgan fingerprint density at radius 1 is 1.12 bits per heavy atom. The summed E-state index contributed by atoms with van der Waals surface area (Å²) in [5.41, 5.74) is 7.39. The van der Waals surface area contributed by atoms with E-state index in [-0.39, 0.29) is 0 Å². The third-order valence-electron chi connectivity index (χ3n) is 2.16. The van der Waals surface area contributed by atoms with Crippen LogP contribution in [0, 0.1) is 0 Å². The molecule has 0 amide bonds. The van der Waals surface area contributed by atoms with Gasteiger partial charge in [-0.1, -0.05) is 0 Å². The summed E-state index contributed by atoms with van der Waals surface area (Å²) in [7, 11) is 0. The molecule has 2 aromatic heterocycles. The van der Waals surface area contributed by atoms with Crippen LogP contribution in [0.3, 0.4) is 0 Å². The van der Waals surface area contributed by atoms with Crippen LogP contribution in [-0.2, 0) is 13.2 Å². The molecular weight excluding hydrogens is 202 g/mol. The molecule has 0 unspecified atom stereocenters. The second-order valence-electron chi connectivity index (χ2n) is 3.33. The molecule has 2 rings (SSSR count). The van der Waals surface area contributed by atoms with E-state index in [4.69, 9.17) is 10.5 Å². The Morgan fingerprint density at radius 2 is 1.94 bits per heavy atom. The van der Waals surface area contributed by atoms with Gasteiger partial charge in [0.1, 0.15) is 12.4 Å². The largest absolute Gasteiger partial charge is 0.487 e. The molecule has 0 aromatic carbocycles. The van der Waals surface area contributed by atoms with E-state index in [1.165, 1.54) is 0 Å². The monoisotopic (exact) mass is 215 g/mol. The molecule has 0 aliphatic rings. The van der Waals surface area contributed by atoms with Crippen molar-refractivity contribution in [1.82, 2.24) is 9.97 Å². The zero-order valence-corrected chi connectivity index (χ0v) is 8.84. The first-order chi connectivity index (χ1) is 7.88. The van der Waals surface area contributed by atoms with Crippen LogP contribution in [0.2, 0.25) is 0 Å². The standard InChI is InChI=1S/C12H13N3O/c13-7-11-1-2-12(8-15-11)16-9-10-3-5-14-6-4-10/h1-6,8H,7,9,13H2. The molecule has 0 saturated heterocycles. The topological polar surface area (TPSA) is 61.0 Å². The first-order valence-corrected chi connectivity index (χ1v) is 5.05. The molecule has 0 radical (unpaired) electrons. The van der Waals surface area contributed by atoms with Crippen molar-refractivity contribution >= 4 is 0 Å². The minimum absolute atomic E-state index is 0.449. The maximum atomic E-state index is 5.56. The molecule has 2 heterocycles. The highest BCUT2D eigenvalue weighted by atomic mass is 16.5. The number of rotatable bonds is 4. The average Bonchev–Trinajstić information content (AvgIpc) is 2.38. The van der Waals surface area contributed by atoms with Crippen molar-refractivity contribution in [3.63, 3.8) is 0 Å². The lowest BCUT2D eigenvalue weighted by Crippen LogP contribution is -2.00. The summed E-state index contributed by atoms with van der Waals surface area (Å²) in [4.78, 5) is 8.09. The molecule has 0 aliphatic carbocycles. The lowest BCUT2D eigenvalue weighted by molar-refractivity contribution is 0.304. The molecule has 0 saturated carbocycles. The van der Waals surface area contributed by atoms with Crippen molar-refractivity contribution < 1.29 is 4.74 Å². The summed E-state index contributed by atoms with van der Waals surface area (Å²) >= 11 is 0. The van der Waals surface area contributed by atoms with E-state index in [9.17, 15) is 0 Å². The Morgan fingerprint density at radius 3 is 2.56 bits per heavy atom. The molecule has 2 aromatic rings. The Hall–Kier alpha value is -1.94. The van der Waals surface area contributed by atoms with Crippen molar-refractivity contribution in [2.75, 3.05) is 0 Å². The second-order valence-corrected chi connectivity index (χ2v) is 3.33. The third kappa shape index (κ3) is 2.77. The van der Waals surface area contributed by atoms with Gasteiger partial charge in [0.05, 0.1) is 11.9 Å². The Kier molecular flexibility index (Phi) is 3.46. The van der Waals surface area contributed by atoms with Crippen LogP contribution in [0.1, 0.15) is 11.3 Å². The molecule has 4 nitrogen and oxygen atoms in total. The summed E-state index contributed by atoms with van der Waals surface area (Å²) < 4.78 is 5.56. The zero-order chi connectivity index (χ0) is 11.2. The highest BCUT2D eigenvalue weighted by Crippen LogP contribution is 2.11. The SMILES string of the molecule is NCc1ccc(OCc2ccncc2)cn1. The summed E-state index contributed by atoms with van der Waals surface area (Å²) in [5.74, 6) is 0.744. The maximum absolute atomic E-state index is 5.56. The van der Waals surface area contributed by atoms with E-state index >= 15 is 0 Å². The van der Waals surface area contributed by atoms with Crippen molar-refractivity contribution in [3.8, 4) is 5.75 Å². The molecule has 16 heavy (non-hydrogen) atoms. The lowest BCUT2D eigenvalue weighted by Gasteiger charge is -2.05. The minimum Gasteiger partial charge on any atom is -0.487 e. The highest BCUT2D eigenvalue weighted by molar-refractivity contribution is 5.20. The smallest absolute Gasteiger partial charge is 0.138 e. The summed E-state index contributed by atoms with van der Waals surface area (Å²) in [6.07, 6.45) is 5.17. The van der Waals surface area contributed by atoms with E-state index in [0.29, 0.717) is 13.2 Å². The van der Waals surface area contributed by atoms with E-state index in [2.05, 4.69) is 9.97 Å². The van der Waals surface area contributed by atoms with Gasteiger partial charge in [0, 0.05) is 18.9 Å². The lowest BCUT2D eigenvalue weighted by atomic mass is 10.3. The zero-order valence-electron chi connectivity index (χ0n) is 8.84. The van der Waals surface area contributed by atoms with Gasteiger partial charge in [0.15, 0.2) is 0 Å². The Labute approximate surface area is 94.1 Å². The summed E-state index contributed by atoms with van der Waals surface area (Å²) in [6, 6.07) is 7.57. The Balaban J connectivity index is 1.94. The van der Waals surface area contributed by atoms with Crippen molar-refractivity contribution in [2.45, 2.75) is 13.2 Å². The molecule has 4 heteroatoms. The predicted molar refractivity (Wildman–Crippen MR) is 60.7 cm³/mol. The van der Waals surface area contributed by atoms with Gasteiger partial charge in [-0.05, 0) is 29.8 Å². The first-order valence-electron chi connectivity index (χ1n) is 5.05. The molecule has 82 valence electrons. The first kappa shape index (κ1) is 10.6. The fraction of sp³-hybridized carbons (Fsp3) is 0.167. The molecule has 2 N–H and O–H groups in total. The van der Waals surface area contributed by atoms with Gasteiger partial charge in [-0.3, -0.25) is 9.97 Å². The maximum Gasteiger partial charge on any atom is 0.138 e. The molecular formula is C12H13N3O. The molecule has 0 aliphatic heterocycles.